The predicted molar refractivity (Wildman–Crippen MR) is 115 cm³/mol. The number of nitrogens with two attached hydrogens (primary N) is 1. The lowest BCUT2D eigenvalue weighted by atomic mass is 9.94. The Bertz CT molecular complexity index is 1080. The van der Waals surface area contributed by atoms with Gasteiger partial charge in [0.2, 0.25) is 11.6 Å². The number of hydrogen-bond donors (Lipinski definition) is 3. The summed E-state index contributed by atoms with van der Waals surface area (Å²) in [5, 5.41) is 28.8. The van der Waals surface area contributed by atoms with Crippen molar-refractivity contribution in [3.8, 4) is 11.6 Å². The van der Waals surface area contributed by atoms with E-state index in [1.165, 1.54) is 42.3 Å². The molecule has 0 spiro atoms. The fourth-order valence-electron chi connectivity index (χ4n) is 3.79. The van der Waals surface area contributed by atoms with Crippen molar-refractivity contribution in [1.29, 1.82) is 0 Å². The summed E-state index contributed by atoms with van der Waals surface area (Å²) >= 11 is 0. The van der Waals surface area contributed by atoms with E-state index < -0.39 is 5.91 Å². The summed E-state index contributed by atoms with van der Waals surface area (Å²) in [5.41, 5.74) is 9.65. The van der Waals surface area contributed by atoms with Gasteiger partial charge >= 0.3 is 0 Å². The molecular formula is C20H25N9O3. The zero-order valence-corrected chi connectivity index (χ0v) is 17.7. The summed E-state index contributed by atoms with van der Waals surface area (Å²) in [6.07, 6.45) is 7.29. The third kappa shape index (κ3) is 4.75. The number of amides is 1. The van der Waals surface area contributed by atoms with Crippen molar-refractivity contribution in [2.75, 3.05) is 12.8 Å². The highest BCUT2D eigenvalue weighted by molar-refractivity contribution is 5.94. The third-order valence-corrected chi connectivity index (χ3v) is 5.54. The number of nitrogens with zero attached hydrogens (tertiary/aromatic N) is 7. The third-order valence-electron chi connectivity index (χ3n) is 5.54. The summed E-state index contributed by atoms with van der Waals surface area (Å²) in [4.78, 5) is 15.0. The molecule has 0 unspecified atom stereocenters. The number of carbonyl (C=O) groups is 1. The summed E-state index contributed by atoms with van der Waals surface area (Å²) in [6, 6.07) is 6.82. The summed E-state index contributed by atoms with van der Waals surface area (Å²) < 4.78 is 6.08. The molecule has 3 aromatic rings. The van der Waals surface area contributed by atoms with E-state index in [4.69, 9.17) is 10.4 Å². The van der Waals surface area contributed by atoms with Gasteiger partial charge in [-0.3, -0.25) is 9.69 Å². The normalized spacial score (nSPS) is 14.9. The Kier molecular flexibility index (Phi) is 6.40. The van der Waals surface area contributed by atoms with Gasteiger partial charge in [-0.1, -0.05) is 24.5 Å². The van der Waals surface area contributed by atoms with Crippen molar-refractivity contribution < 1.29 is 14.5 Å². The second-order valence-electron chi connectivity index (χ2n) is 7.77. The molecule has 1 saturated carbocycles. The molecule has 4 rings (SSSR count). The molecule has 12 nitrogen and oxygen atoms in total. The summed E-state index contributed by atoms with van der Waals surface area (Å²) in [5.74, 6) is -0.144. The molecule has 0 atom stereocenters. The number of aromatic nitrogens is 5. The number of aromatic hydroxyl groups is 1. The van der Waals surface area contributed by atoms with Crippen LogP contribution < -0.4 is 11.2 Å². The van der Waals surface area contributed by atoms with Crippen LogP contribution in [0.5, 0.6) is 5.75 Å². The van der Waals surface area contributed by atoms with Crippen molar-refractivity contribution in [3.63, 3.8) is 0 Å². The number of phenols is 1. The first kappa shape index (κ1) is 21.4. The topological polar surface area (TPSA) is 161 Å². The molecule has 0 saturated heterocycles. The van der Waals surface area contributed by atoms with Crippen molar-refractivity contribution in [3.05, 3.63) is 41.2 Å². The molecular weight excluding hydrogens is 414 g/mol. The monoisotopic (exact) mass is 439 g/mol. The zero-order valence-electron chi connectivity index (χ0n) is 17.7. The Morgan fingerprint density at radius 3 is 2.75 bits per heavy atom. The average molecular weight is 439 g/mol. The molecule has 1 aliphatic rings. The van der Waals surface area contributed by atoms with Crippen molar-refractivity contribution >= 4 is 17.9 Å². The fourth-order valence-corrected chi connectivity index (χ4v) is 3.79. The van der Waals surface area contributed by atoms with Gasteiger partial charge in [0.1, 0.15) is 5.75 Å². The minimum atomic E-state index is -0.520. The molecule has 168 valence electrons. The van der Waals surface area contributed by atoms with Crippen LogP contribution in [0.2, 0.25) is 0 Å². The van der Waals surface area contributed by atoms with E-state index in [0.29, 0.717) is 23.8 Å². The van der Waals surface area contributed by atoms with Crippen LogP contribution in [0.15, 0.2) is 34.0 Å². The Labute approximate surface area is 184 Å². The highest BCUT2D eigenvalue weighted by Gasteiger charge is 2.27. The van der Waals surface area contributed by atoms with Gasteiger partial charge in [-0.05, 0) is 60.0 Å². The molecule has 1 aromatic carbocycles. The van der Waals surface area contributed by atoms with Crippen LogP contribution >= 0.6 is 0 Å². The van der Waals surface area contributed by atoms with Gasteiger partial charge in [0.25, 0.3) is 5.91 Å². The van der Waals surface area contributed by atoms with E-state index in [1.54, 1.807) is 12.1 Å². The summed E-state index contributed by atoms with van der Waals surface area (Å²) in [7, 11) is 2.02. The molecule has 1 aliphatic carbocycles. The van der Waals surface area contributed by atoms with Gasteiger partial charge in [-0.25, -0.2) is 10.1 Å². The Morgan fingerprint density at radius 1 is 1.31 bits per heavy atom. The smallest absolute Gasteiger partial charge is 0.293 e. The van der Waals surface area contributed by atoms with Gasteiger partial charge < -0.3 is 10.8 Å². The van der Waals surface area contributed by atoms with E-state index >= 15 is 0 Å². The lowest BCUT2D eigenvalue weighted by Crippen LogP contribution is -2.34. The van der Waals surface area contributed by atoms with Crippen LogP contribution in [0, 0.1) is 0 Å². The number of rotatable bonds is 7. The summed E-state index contributed by atoms with van der Waals surface area (Å²) in [6.45, 7) is 0.411. The first-order chi connectivity index (χ1) is 15.5. The van der Waals surface area contributed by atoms with E-state index in [2.05, 4.69) is 36.1 Å². The van der Waals surface area contributed by atoms with Gasteiger partial charge in [0, 0.05) is 12.6 Å². The van der Waals surface area contributed by atoms with Gasteiger partial charge in [-0.2, -0.15) is 9.78 Å². The molecule has 2 heterocycles. The number of nitrogen functional groups attached to an aromatic ring is 1. The molecule has 1 amide bonds. The first-order valence-electron chi connectivity index (χ1n) is 10.4. The van der Waals surface area contributed by atoms with Crippen molar-refractivity contribution in [1.82, 2.24) is 35.6 Å². The molecule has 4 N–H and O–H groups in total. The van der Waals surface area contributed by atoms with E-state index in [9.17, 15) is 9.90 Å². The highest BCUT2D eigenvalue weighted by Crippen LogP contribution is 2.24. The Morgan fingerprint density at radius 2 is 2.06 bits per heavy atom. The number of phenolic OH excluding ortho intramolecular Hbond substituents is 1. The largest absolute Gasteiger partial charge is 0.508 e. The minimum Gasteiger partial charge on any atom is -0.508 e. The predicted octanol–water partition coefficient (Wildman–Crippen LogP) is 1.47. The van der Waals surface area contributed by atoms with Gasteiger partial charge in [0.15, 0.2) is 5.69 Å². The van der Waals surface area contributed by atoms with E-state index in [-0.39, 0.29) is 23.1 Å². The number of hydrazone groups is 1. The standard InChI is InChI=1S/C20H25N9O3/c1-28(14-5-3-2-4-6-14)12-16-17(23-27-29(16)19-18(21)25-32-26-19)20(31)24-22-11-13-7-9-15(30)10-8-13/h7-11,14,30H,2-6,12H2,1H3,(H2,21,25)(H,24,31)/b22-11-. The van der Waals surface area contributed by atoms with Gasteiger partial charge in [-0.15, -0.1) is 5.10 Å². The van der Waals surface area contributed by atoms with Crippen LogP contribution in [0.3, 0.4) is 0 Å². The highest BCUT2D eigenvalue weighted by atomic mass is 16.6. The van der Waals surface area contributed by atoms with Crippen molar-refractivity contribution in [2.24, 2.45) is 5.10 Å². The second-order valence-corrected chi connectivity index (χ2v) is 7.77. The lowest BCUT2D eigenvalue weighted by Gasteiger charge is -2.31. The van der Waals surface area contributed by atoms with Crippen LogP contribution in [0.1, 0.15) is 53.8 Å². The number of nitrogens with one attached hydrogen (secondary N) is 1. The molecule has 0 bridgehead atoms. The number of benzene rings is 1. The molecule has 0 aliphatic heterocycles. The fraction of sp³-hybridized carbons (Fsp3) is 0.400. The maximum Gasteiger partial charge on any atom is 0.293 e. The first-order valence-corrected chi connectivity index (χ1v) is 10.4. The van der Waals surface area contributed by atoms with Crippen LogP contribution in [0.4, 0.5) is 5.82 Å². The zero-order chi connectivity index (χ0) is 22.5. The Hall–Kier alpha value is -3.80. The maximum atomic E-state index is 12.8. The number of anilines is 1. The van der Waals surface area contributed by atoms with Crippen LogP contribution in [-0.4, -0.2) is 60.5 Å². The molecule has 32 heavy (non-hydrogen) atoms. The van der Waals surface area contributed by atoms with Crippen molar-refractivity contribution in [2.45, 2.75) is 44.7 Å². The SMILES string of the molecule is CN(Cc1c(C(=O)N/N=C\c2ccc(O)cc2)nnn1-c1nonc1N)C1CCCCC1. The number of hydrogen-bond acceptors (Lipinski definition) is 10. The maximum absolute atomic E-state index is 12.8. The molecule has 2 aromatic heterocycles. The van der Waals surface area contributed by atoms with E-state index in [1.807, 2.05) is 7.05 Å². The number of carbonyl (C=O) groups excluding carboxylic acids is 1. The van der Waals surface area contributed by atoms with E-state index in [0.717, 1.165) is 12.8 Å². The minimum absolute atomic E-state index is 0.0498. The molecule has 0 radical (unpaired) electrons. The van der Waals surface area contributed by atoms with Crippen LogP contribution in [-0.2, 0) is 6.54 Å². The lowest BCUT2D eigenvalue weighted by molar-refractivity contribution is 0.0947. The van der Waals surface area contributed by atoms with Gasteiger partial charge in [0.05, 0.1) is 11.9 Å². The quantitative estimate of drug-likeness (QED) is 0.366. The average Bonchev–Trinajstić information content (AvgIpc) is 3.41. The second kappa shape index (κ2) is 9.56. The molecule has 12 heteroatoms. The Balaban J connectivity index is 1.56. The molecule has 1 fully saturated rings. The van der Waals surface area contributed by atoms with Crippen LogP contribution in [0.25, 0.3) is 5.82 Å².